The van der Waals surface area contributed by atoms with Crippen molar-refractivity contribution in [2.24, 2.45) is 5.41 Å². The number of hydrogen-bond acceptors (Lipinski definition) is 5. The maximum absolute atomic E-state index is 12.8. The Bertz CT molecular complexity index is 945. The first-order valence-electron chi connectivity index (χ1n) is 11.6. The van der Waals surface area contributed by atoms with Crippen molar-refractivity contribution in [3.63, 3.8) is 0 Å². The highest BCUT2D eigenvalue weighted by Gasteiger charge is 2.49. The van der Waals surface area contributed by atoms with Crippen LogP contribution >= 0.6 is 0 Å². The number of nitrogens with one attached hydrogen (secondary N) is 1. The van der Waals surface area contributed by atoms with E-state index < -0.39 is 0 Å². The lowest BCUT2D eigenvalue weighted by Crippen LogP contribution is -2.47. The number of hydrogen-bond donors (Lipinski definition) is 1. The Morgan fingerprint density at radius 3 is 2.53 bits per heavy atom. The van der Waals surface area contributed by atoms with Crippen molar-refractivity contribution in [2.75, 3.05) is 33.7 Å². The van der Waals surface area contributed by atoms with E-state index in [0.29, 0.717) is 19.5 Å². The summed E-state index contributed by atoms with van der Waals surface area (Å²) in [4.78, 5) is 29.3. The highest BCUT2D eigenvalue weighted by Crippen LogP contribution is 2.52. The number of carbonyl (C=O) groups excluding carboxylic acids is 2. The normalized spacial score (nSPS) is 25.6. The standard InChI is InChI=1S/C25H34N4O3/c1-19-17-27-32-22(19)23(31)26-14-7-15-29-18-24(16-21(29)30)10-12-25(13-11-24,28(2)3)20-8-5-4-6-9-20/h4-6,8-9,17H,7,10-16,18H2,1-3H3,(H,26,31). The van der Waals surface area contributed by atoms with E-state index in [1.54, 1.807) is 6.92 Å². The number of likely N-dealkylation sites (tertiary alicyclic amines) is 1. The van der Waals surface area contributed by atoms with Crippen molar-refractivity contribution in [1.29, 1.82) is 0 Å². The van der Waals surface area contributed by atoms with E-state index in [0.717, 1.165) is 44.2 Å². The lowest BCUT2D eigenvalue weighted by molar-refractivity contribution is -0.127. The third-order valence-corrected chi connectivity index (χ3v) is 7.56. The molecule has 2 aliphatic rings. The molecule has 7 nitrogen and oxygen atoms in total. The molecule has 0 radical (unpaired) electrons. The first kappa shape index (κ1) is 22.5. The molecule has 0 unspecified atom stereocenters. The summed E-state index contributed by atoms with van der Waals surface area (Å²) in [5.74, 6) is 0.253. The molecule has 2 amide bonds. The average molecular weight is 439 g/mol. The molecule has 2 aromatic rings. The Morgan fingerprint density at radius 2 is 1.91 bits per heavy atom. The summed E-state index contributed by atoms with van der Waals surface area (Å²) >= 11 is 0. The summed E-state index contributed by atoms with van der Waals surface area (Å²) in [6.45, 7) is 3.81. The molecular formula is C25H34N4O3. The number of rotatable bonds is 7. The fourth-order valence-electron chi connectivity index (χ4n) is 5.52. The lowest BCUT2D eigenvalue weighted by atomic mass is 9.64. The van der Waals surface area contributed by atoms with Crippen LogP contribution in [-0.4, -0.2) is 60.5 Å². The molecule has 1 spiro atoms. The number of carbonyl (C=O) groups is 2. The molecule has 1 aromatic carbocycles. The maximum atomic E-state index is 12.8. The molecule has 7 heteroatoms. The number of aryl methyl sites for hydroxylation is 1. The molecule has 1 N–H and O–H groups in total. The molecular weight excluding hydrogens is 404 g/mol. The van der Waals surface area contributed by atoms with Crippen LogP contribution < -0.4 is 5.32 Å². The van der Waals surface area contributed by atoms with Crippen LogP contribution in [0.4, 0.5) is 0 Å². The van der Waals surface area contributed by atoms with Gasteiger partial charge in [0.25, 0.3) is 5.91 Å². The summed E-state index contributed by atoms with van der Waals surface area (Å²) in [7, 11) is 4.34. The van der Waals surface area contributed by atoms with Crippen LogP contribution in [0.5, 0.6) is 0 Å². The largest absolute Gasteiger partial charge is 0.351 e. The second-order valence-electron chi connectivity index (χ2n) is 9.73. The van der Waals surface area contributed by atoms with Gasteiger partial charge in [0.2, 0.25) is 11.7 Å². The smallest absolute Gasteiger partial charge is 0.290 e. The molecule has 0 bridgehead atoms. The summed E-state index contributed by atoms with van der Waals surface area (Å²) < 4.78 is 4.98. The Balaban J connectivity index is 1.30. The second-order valence-corrected chi connectivity index (χ2v) is 9.73. The van der Waals surface area contributed by atoms with Crippen molar-refractivity contribution in [1.82, 2.24) is 20.3 Å². The average Bonchev–Trinajstić information content (AvgIpc) is 3.35. The Morgan fingerprint density at radius 1 is 1.19 bits per heavy atom. The van der Waals surface area contributed by atoms with Gasteiger partial charge in [-0.05, 0) is 64.1 Å². The first-order valence-corrected chi connectivity index (χ1v) is 11.6. The van der Waals surface area contributed by atoms with Crippen molar-refractivity contribution in [3.8, 4) is 0 Å². The maximum Gasteiger partial charge on any atom is 0.290 e. The number of amides is 2. The van der Waals surface area contributed by atoms with Crippen LogP contribution in [0.1, 0.15) is 60.2 Å². The Kier molecular flexibility index (Phi) is 6.38. The molecule has 4 rings (SSSR count). The van der Waals surface area contributed by atoms with E-state index >= 15 is 0 Å². The highest BCUT2D eigenvalue weighted by molar-refractivity contribution is 5.92. The number of nitrogens with zero attached hydrogens (tertiary/aromatic N) is 3. The molecule has 1 saturated heterocycles. The van der Waals surface area contributed by atoms with Crippen LogP contribution in [0.25, 0.3) is 0 Å². The summed E-state index contributed by atoms with van der Waals surface area (Å²) in [5, 5.41) is 6.50. The van der Waals surface area contributed by atoms with E-state index in [1.807, 2.05) is 4.90 Å². The minimum absolute atomic E-state index is 0.0477. The predicted octanol–water partition coefficient (Wildman–Crippen LogP) is 3.35. The quantitative estimate of drug-likeness (QED) is 0.671. The van der Waals surface area contributed by atoms with Crippen LogP contribution in [0.15, 0.2) is 41.1 Å². The fraction of sp³-hybridized carbons (Fsp3) is 0.560. The molecule has 1 aliphatic heterocycles. The van der Waals surface area contributed by atoms with E-state index in [1.165, 1.54) is 11.8 Å². The second kappa shape index (κ2) is 9.06. The van der Waals surface area contributed by atoms with Gasteiger partial charge < -0.3 is 14.7 Å². The van der Waals surface area contributed by atoms with Gasteiger partial charge in [-0.15, -0.1) is 0 Å². The molecule has 0 atom stereocenters. The van der Waals surface area contributed by atoms with Gasteiger partial charge in [0.05, 0.1) is 6.20 Å². The van der Waals surface area contributed by atoms with Gasteiger partial charge in [0.15, 0.2) is 0 Å². The van der Waals surface area contributed by atoms with E-state index in [9.17, 15) is 9.59 Å². The zero-order valence-corrected chi connectivity index (χ0v) is 19.4. The van der Waals surface area contributed by atoms with Crippen molar-refractivity contribution < 1.29 is 14.1 Å². The first-order chi connectivity index (χ1) is 15.4. The van der Waals surface area contributed by atoms with Crippen LogP contribution in [0.3, 0.4) is 0 Å². The van der Waals surface area contributed by atoms with E-state index in [2.05, 4.69) is 59.8 Å². The fourth-order valence-corrected chi connectivity index (χ4v) is 5.52. The molecule has 1 saturated carbocycles. The number of benzene rings is 1. The van der Waals surface area contributed by atoms with E-state index in [4.69, 9.17) is 4.52 Å². The zero-order chi connectivity index (χ0) is 22.8. The van der Waals surface area contributed by atoms with Gasteiger partial charge >= 0.3 is 0 Å². The van der Waals surface area contributed by atoms with E-state index in [-0.39, 0.29) is 28.5 Å². The molecule has 2 fully saturated rings. The van der Waals surface area contributed by atoms with Crippen molar-refractivity contribution in [2.45, 2.75) is 51.0 Å². The lowest BCUT2D eigenvalue weighted by Gasteiger charge is -2.48. The molecule has 2 heterocycles. The summed E-state index contributed by atoms with van der Waals surface area (Å²) in [5.41, 5.74) is 2.23. The molecule has 32 heavy (non-hydrogen) atoms. The van der Waals surface area contributed by atoms with Gasteiger partial charge in [-0.3, -0.25) is 14.5 Å². The predicted molar refractivity (Wildman–Crippen MR) is 122 cm³/mol. The minimum atomic E-state index is -0.252. The van der Waals surface area contributed by atoms with Crippen molar-refractivity contribution in [3.05, 3.63) is 53.4 Å². The van der Waals surface area contributed by atoms with Crippen LogP contribution in [0, 0.1) is 12.3 Å². The molecule has 1 aromatic heterocycles. The minimum Gasteiger partial charge on any atom is -0.351 e. The van der Waals surface area contributed by atoms with Crippen molar-refractivity contribution >= 4 is 11.8 Å². The topological polar surface area (TPSA) is 78.7 Å². The zero-order valence-electron chi connectivity index (χ0n) is 19.4. The monoisotopic (exact) mass is 438 g/mol. The van der Waals surface area contributed by atoms with Gasteiger partial charge in [0, 0.05) is 37.2 Å². The molecule has 1 aliphatic carbocycles. The van der Waals surface area contributed by atoms with Gasteiger partial charge in [-0.25, -0.2) is 0 Å². The summed E-state index contributed by atoms with van der Waals surface area (Å²) in [6.07, 6.45) is 7.16. The third kappa shape index (κ3) is 4.31. The Hall–Kier alpha value is -2.67. The highest BCUT2D eigenvalue weighted by atomic mass is 16.5. The van der Waals surface area contributed by atoms with Gasteiger partial charge in [-0.1, -0.05) is 35.5 Å². The summed E-state index contributed by atoms with van der Waals surface area (Å²) in [6, 6.07) is 10.8. The third-order valence-electron chi connectivity index (χ3n) is 7.56. The number of aromatic nitrogens is 1. The van der Waals surface area contributed by atoms with Gasteiger partial charge in [-0.2, -0.15) is 0 Å². The molecule has 172 valence electrons. The SMILES string of the molecule is Cc1cnoc1C(=O)NCCCN1CC2(CCC(c3ccccc3)(N(C)C)CC2)CC1=O. The Labute approximate surface area is 190 Å². The van der Waals surface area contributed by atoms with Gasteiger partial charge in [0.1, 0.15) is 0 Å². The van der Waals surface area contributed by atoms with Crippen LogP contribution in [0.2, 0.25) is 0 Å². The van der Waals surface area contributed by atoms with Crippen LogP contribution in [-0.2, 0) is 10.3 Å².